The molecule has 24 heavy (non-hydrogen) atoms. The number of pyridine rings is 1. The molecule has 0 saturated heterocycles. The molecule has 3 aromatic heterocycles. The van der Waals surface area contributed by atoms with E-state index in [-0.39, 0.29) is 0 Å². The molecule has 1 aromatic carbocycles. The van der Waals surface area contributed by atoms with Gasteiger partial charge in [0.05, 0.1) is 17.4 Å². The van der Waals surface area contributed by atoms with Crippen molar-refractivity contribution in [2.24, 2.45) is 0 Å². The van der Waals surface area contributed by atoms with Gasteiger partial charge in [0.25, 0.3) is 0 Å². The second-order valence-corrected chi connectivity index (χ2v) is 5.69. The van der Waals surface area contributed by atoms with Gasteiger partial charge in [-0.1, -0.05) is 28.6 Å². The fourth-order valence-corrected chi connectivity index (χ4v) is 2.68. The number of hydrogen-bond acceptors (Lipinski definition) is 5. The van der Waals surface area contributed by atoms with E-state index >= 15 is 0 Å². The fraction of sp³-hybridized carbons (Fsp3) is 0.235. The summed E-state index contributed by atoms with van der Waals surface area (Å²) < 4.78 is 3.77. The third-order valence-corrected chi connectivity index (χ3v) is 3.87. The molecule has 7 heteroatoms. The van der Waals surface area contributed by atoms with Crippen LogP contribution in [0.5, 0.6) is 0 Å². The molecular formula is C17H17N7. The molecule has 0 spiro atoms. The van der Waals surface area contributed by atoms with Crippen molar-refractivity contribution in [3.8, 4) is 11.4 Å². The molecule has 4 aromatic rings. The topological polar surface area (TPSA) is 74.3 Å². The number of hydrogen-bond donors (Lipinski definition) is 0. The Bertz CT molecular complexity index is 970. The summed E-state index contributed by atoms with van der Waals surface area (Å²) in [5, 5.41) is 16.8. The van der Waals surface area contributed by atoms with E-state index in [0.29, 0.717) is 0 Å². The highest BCUT2D eigenvalue weighted by Crippen LogP contribution is 2.14. The first-order chi connectivity index (χ1) is 11.8. The summed E-state index contributed by atoms with van der Waals surface area (Å²) in [5.74, 6) is 0. The van der Waals surface area contributed by atoms with Crippen molar-refractivity contribution in [3.05, 3.63) is 54.4 Å². The maximum Gasteiger partial charge on any atom is 0.131 e. The maximum absolute atomic E-state index is 4.47. The summed E-state index contributed by atoms with van der Waals surface area (Å²) in [6.07, 6.45) is 2.83. The minimum Gasteiger partial charge on any atom is -0.252 e. The van der Waals surface area contributed by atoms with Crippen LogP contribution in [-0.4, -0.2) is 35.0 Å². The Kier molecular flexibility index (Phi) is 3.74. The second kappa shape index (κ2) is 6.19. The average molecular weight is 319 g/mol. The van der Waals surface area contributed by atoms with Gasteiger partial charge in [0.1, 0.15) is 11.2 Å². The van der Waals surface area contributed by atoms with Crippen LogP contribution in [0.25, 0.3) is 22.4 Å². The van der Waals surface area contributed by atoms with Gasteiger partial charge in [-0.15, -0.1) is 10.2 Å². The van der Waals surface area contributed by atoms with Gasteiger partial charge in [-0.3, -0.25) is 9.67 Å². The molecule has 4 rings (SSSR count). The van der Waals surface area contributed by atoms with Gasteiger partial charge in [0.2, 0.25) is 0 Å². The summed E-state index contributed by atoms with van der Waals surface area (Å²) >= 11 is 0. The number of fused-ring (bicyclic) bond motifs is 1. The van der Waals surface area contributed by atoms with Crippen LogP contribution in [0.4, 0.5) is 0 Å². The van der Waals surface area contributed by atoms with Gasteiger partial charge < -0.3 is 0 Å². The SMILES string of the molecule is Cc1cccc(-c2cn(CCCn3nnc4ccccc43)nn2)n1. The Morgan fingerprint density at radius 3 is 2.71 bits per heavy atom. The molecule has 0 unspecified atom stereocenters. The van der Waals surface area contributed by atoms with E-state index in [4.69, 9.17) is 0 Å². The number of rotatable bonds is 5. The van der Waals surface area contributed by atoms with E-state index in [0.717, 1.165) is 47.6 Å². The molecule has 0 atom stereocenters. The van der Waals surface area contributed by atoms with Crippen molar-refractivity contribution >= 4 is 11.0 Å². The molecule has 0 aliphatic heterocycles. The average Bonchev–Trinajstić information content (AvgIpc) is 3.23. The van der Waals surface area contributed by atoms with Gasteiger partial charge in [-0.25, -0.2) is 4.68 Å². The first kappa shape index (κ1) is 14.5. The number of aryl methyl sites for hydroxylation is 3. The summed E-state index contributed by atoms with van der Waals surface area (Å²) in [6.45, 7) is 3.53. The molecule has 0 aliphatic carbocycles. The lowest BCUT2D eigenvalue weighted by Gasteiger charge is -2.02. The number of para-hydroxylation sites is 1. The smallest absolute Gasteiger partial charge is 0.131 e. The first-order valence-corrected chi connectivity index (χ1v) is 7.92. The zero-order chi connectivity index (χ0) is 16.4. The van der Waals surface area contributed by atoms with Crippen LogP contribution in [0.15, 0.2) is 48.7 Å². The Morgan fingerprint density at radius 2 is 1.79 bits per heavy atom. The van der Waals surface area contributed by atoms with Crippen molar-refractivity contribution in [3.63, 3.8) is 0 Å². The second-order valence-electron chi connectivity index (χ2n) is 5.69. The van der Waals surface area contributed by atoms with Crippen molar-refractivity contribution in [2.45, 2.75) is 26.4 Å². The highest BCUT2D eigenvalue weighted by atomic mass is 15.4. The van der Waals surface area contributed by atoms with Crippen LogP contribution in [0, 0.1) is 6.92 Å². The van der Waals surface area contributed by atoms with Crippen LogP contribution < -0.4 is 0 Å². The zero-order valence-electron chi connectivity index (χ0n) is 13.4. The summed E-state index contributed by atoms with van der Waals surface area (Å²) in [7, 11) is 0. The van der Waals surface area contributed by atoms with Crippen LogP contribution >= 0.6 is 0 Å². The van der Waals surface area contributed by atoms with Gasteiger partial charge in [-0.2, -0.15) is 0 Å². The van der Waals surface area contributed by atoms with Crippen LogP contribution in [-0.2, 0) is 13.1 Å². The van der Waals surface area contributed by atoms with E-state index in [1.54, 1.807) is 0 Å². The van der Waals surface area contributed by atoms with Gasteiger partial charge in [-0.05, 0) is 37.6 Å². The standard InChI is InChI=1S/C17H17N7/c1-13-6-4-8-14(18-13)16-12-23(21-20-16)10-5-11-24-17-9-3-2-7-15(17)19-22-24/h2-4,6-9,12H,5,10-11H2,1H3. The summed E-state index contributed by atoms with van der Waals surface area (Å²) in [5.41, 5.74) is 4.60. The maximum atomic E-state index is 4.47. The lowest BCUT2D eigenvalue weighted by atomic mass is 10.2. The van der Waals surface area contributed by atoms with Crippen LogP contribution in [0.1, 0.15) is 12.1 Å². The van der Waals surface area contributed by atoms with Crippen molar-refractivity contribution in [2.75, 3.05) is 0 Å². The largest absolute Gasteiger partial charge is 0.252 e. The Morgan fingerprint density at radius 1 is 0.875 bits per heavy atom. The fourth-order valence-electron chi connectivity index (χ4n) is 2.68. The molecule has 0 amide bonds. The monoisotopic (exact) mass is 319 g/mol. The summed E-state index contributed by atoms with van der Waals surface area (Å²) in [4.78, 5) is 4.47. The third kappa shape index (κ3) is 2.88. The molecular weight excluding hydrogens is 302 g/mol. The Balaban J connectivity index is 1.42. The normalized spacial score (nSPS) is 11.2. The number of nitrogens with zero attached hydrogens (tertiary/aromatic N) is 7. The van der Waals surface area contributed by atoms with E-state index in [1.807, 2.05) is 64.9 Å². The highest BCUT2D eigenvalue weighted by Gasteiger charge is 2.06. The van der Waals surface area contributed by atoms with Gasteiger partial charge >= 0.3 is 0 Å². The van der Waals surface area contributed by atoms with Crippen molar-refractivity contribution in [1.29, 1.82) is 0 Å². The molecule has 0 fully saturated rings. The summed E-state index contributed by atoms with van der Waals surface area (Å²) in [6, 6.07) is 13.9. The minimum absolute atomic E-state index is 0.771. The minimum atomic E-state index is 0.771. The molecule has 0 N–H and O–H groups in total. The first-order valence-electron chi connectivity index (χ1n) is 7.92. The third-order valence-electron chi connectivity index (χ3n) is 3.87. The number of aromatic nitrogens is 7. The van der Waals surface area contributed by atoms with E-state index in [2.05, 4.69) is 25.6 Å². The van der Waals surface area contributed by atoms with E-state index < -0.39 is 0 Å². The number of benzene rings is 1. The lowest BCUT2D eigenvalue weighted by molar-refractivity contribution is 0.492. The van der Waals surface area contributed by atoms with Crippen LogP contribution in [0.3, 0.4) is 0 Å². The molecule has 0 saturated carbocycles. The van der Waals surface area contributed by atoms with E-state index in [9.17, 15) is 0 Å². The van der Waals surface area contributed by atoms with Crippen molar-refractivity contribution < 1.29 is 0 Å². The Labute approximate surface area is 138 Å². The molecule has 0 bridgehead atoms. The van der Waals surface area contributed by atoms with Crippen molar-refractivity contribution in [1.82, 2.24) is 35.0 Å². The molecule has 120 valence electrons. The molecule has 0 radical (unpaired) electrons. The molecule has 3 heterocycles. The lowest BCUT2D eigenvalue weighted by Crippen LogP contribution is -2.06. The van der Waals surface area contributed by atoms with Gasteiger partial charge in [0, 0.05) is 18.8 Å². The zero-order valence-corrected chi connectivity index (χ0v) is 13.4. The molecule has 0 aliphatic rings. The molecule has 7 nitrogen and oxygen atoms in total. The predicted octanol–water partition coefficient (Wildman–Crippen LogP) is 2.48. The van der Waals surface area contributed by atoms with Crippen LogP contribution in [0.2, 0.25) is 0 Å². The predicted molar refractivity (Wildman–Crippen MR) is 90.1 cm³/mol. The highest BCUT2D eigenvalue weighted by molar-refractivity contribution is 5.73. The Hall–Kier alpha value is -3.09. The quantitative estimate of drug-likeness (QED) is 0.565. The van der Waals surface area contributed by atoms with Gasteiger partial charge in [0.15, 0.2) is 0 Å². The van der Waals surface area contributed by atoms with E-state index in [1.165, 1.54) is 0 Å².